The number of carbonyl (C=O) groups is 1. The Labute approximate surface area is 121 Å². The van der Waals surface area contributed by atoms with E-state index in [0.717, 1.165) is 17.4 Å². The Bertz CT molecular complexity index is 864. The van der Waals surface area contributed by atoms with E-state index >= 15 is 0 Å². The number of ether oxygens (including phenoxy) is 1. The van der Waals surface area contributed by atoms with Crippen LogP contribution in [0.3, 0.4) is 0 Å². The van der Waals surface area contributed by atoms with Crippen molar-refractivity contribution in [2.24, 2.45) is 0 Å². The maximum absolute atomic E-state index is 12.6. The van der Waals surface area contributed by atoms with Crippen LogP contribution in [0.2, 0.25) is 0 Å². The molecule has 0 unspecified atom stereocenters. The van der Waals surface area contributed by atoms with Crippen LogP contribution in [0.1, 0.15) is 29.3 Å². The van der Waals surface area contributed by atoms with Crippen molar-refractivity contribution in [3.05, 3.63) is 47.5 Å². The summed E-state index contributed by atoms with van der Waals surface area (Å²) in [7, 11) is 0. The first-order chi connectivity index (χ1) is 10.3. The fourth-order valence-corrected chi connectivity index (χ4v) is 2.76. The second kappa shape index (κ2) is 4.45. The topological polar surface area (TPSA) is 52.3 Å². The lowest BCUT2D eigenvalue weighted by atomic mass is 9.88. The summed E-state index contributed by atoms with van der Waals surface area (Å²) in [5, 5.41) is 4.88. The molecule has 0 atom stereocenters. The molecule has 0 spiro atoms. The number of nitrogens with zero attached hydrogens (tertiary/aromatic N) is 1. The highest BCUT2D eigenvalue weighted by Gasteiger charge is 2.30. The molecule has 4 rings (SSSR count). The maximum atomic E-state index is 12.6. The molecular formula is C17H13NO3. The Morgan fingerprint density at radius 1 is 1.10 bits per heavy atom. The van der Waals surface area contributed by atoms with Crippen molar-refractivity contribution < 1.29 is 14.1 Å². The number of rotatable bonds is 3. The zero-order chi connectivity index (χ0) is 14.4. The van der Waals surface area contributed by atoms with Crippen molar-refractivity contribution in [2.45, 2.75) is 13.3 Å². The highest BCUT2D eigenvalue weighted by molar-refractivity contribution is 6.25. The third-order valence-electron chi connectivity index (χ3n) is 3.72. The van der Waals surface area contributed by atoms with Gasteiger partial charge in [-0.2, -0.15) is 0 Å². The standard InChI is InChI=1S/C17H13NO3/c1-2-9-20-13-8-7-12-14-15(13)18-21-17(14)11-6-4-3-5-10(11)16(12)19/h3-8H,2,9H2,1H3. The van der Waals surface area contributed by atoms with E-state index in [-0.39, 0.29) is 5.78 Å². The molecule has 0 radical (unpaired) electrons. The lowest BCUT2D eigenvalue weighted by Crippen LogP contribution is -2.08. The molecule has 2 aromatic carbocycles. The Hall–Kier alpha value is -2.62. The molecule has 0 N–H and O–H groups in total. The van der Waals surface area contributed by atoms with E-state index in [0.29, 0.717) is 34.8 Å². The van der Waals surface area contributed by atoms with E-state index in [1.54, 1.807) is 12.1 Å². The van der Waals surface area contributed by atoms with Gasteiger partial charge in [-0.15, -0.1) is 0 Å². The Balaban J connectivity index is 2.01. The SMILES string of the molecule is CCCOc1ccc2c3c(onc13)-c1ccccc1C2=O. The van der Waals surface area contributed by atoms with Gasteiger partial charge in [-0.1, -0.05) is 36.3 Å². The van der Waals surface area contributed by atoms with Crippen molar-refractivity contribution in [3.8, 4) is 17.1 Å². The molecule has 0 saturated heterocycles. The lowest BCUT2D eigenvalue weighted by molar-refractivity contribution is 0.104. The normalized spacial score (nSPS) is 12.5. The number of carbonyl (C=O) groups excluding carboxylic acids is 1. The largest absolute Gasteiger partial charge is 0.491 e. The highest BCUT2D eigenvalue weighted by atomic mass is 16.5. The quantitative estimate of drug-likeness (QED) is 0.572. The van der Waals surface area contributed by atoms with Crippen LogP contribution < -0.4 is 4.74 Å². The van der Waals surface area contributed by atoms with Crippen LogP contribution in [0, 0.1) is 0 Å². The van der Waals surface area contributed by atoms with Gasteiger partial charge in [0.15, 0.2) is 17.1 Å². The summed E-state index contributed by atoms with van der Waals surface area (Å²) in [4.78, 5) is 12.6. The molecule has 1 aliphatic carbocycles. The first-order valence-electron chi connectivity index (χ1n) is 7.00. The molecule has 0 amide bonds. The first kappa shape index (κ1) is 12.1. The third kappa shape index (κ3) is 1.62. The van der Waals surface area contributed by atoms with Crippen LogP contribution in [0.5, 0.6) is 5.75 Å². The molecule has 1 aliphatic rings. The van der Waals surface area contributed by atoms with Gasteiger partial charge < -0.3 is 9.26 Å². The number of hydrogen-bond acceptors (Lipinski definition) is 4. The summed E-state index contributed by atoms with van der Waals surface area (Å²) < 4.78 is 11.2. The molecule has 0 aliphatic heterocycles. The lowest BCUT2D eigenvalue weighted by Gasteiger charge is -2.14. The molecule has 4 nitrogen and oxygen atoms in total. The summed E-state index contributed by atoms with van der Waals surface area (Å²) >= 11 is 0. The van der Waals surface area contributed by atoms with E-state index in [9.17, 15) is 4.79 Å². The zero-order valence-electron chi connectivity index (χ0n) is 11.6. The minimum atomic E-state index is 0.00772. The van der Waals surface area contributed by atoms with Gasteiger partial charge >= 0.3 is 0 Å². The molecule has 104 valence electrons. The van der Waals surface area contributed by atoms with Crippen LogP contribution in [-0.2, 0) is 0 Å². The summed E-state index contributed by atoms with van der Waals surface area (Å²) in [6, 6.07) is 11.0. The van der Waals surface area contributed by atoms with Crippen molar-refractivity contribution in [1.82, 2.24) is 5.16 Å². The number of aromatic nitrogens is 1. The molecule has 1 aromatic heterocycles. The predicted octanol–water partition coefficient (Wildman–Crippen LogP) is 3.83. The van der Waals surface area contributed by atoms with Gasteiger partial charge in [-0.05, 0) is 18.6 Å². The second-order valence-electron chi connectivity index (χ2n) is 5.07. The van der Waals surface area contributed by atoms with Crippen molar-refractivity contribution >= 4 is 16.7 Å². The summed E-state index contributed by atoms with van der Waals surface area (Å²) in [5.41, 5.74) is 2.71. The van der Waals surface area contributed by atoms with Gasteiger partial charge in [0.25, 0.3) is 0 Å². The molecule has 1 heterocycles. The monoisotopic (exact) mass is 279 g/mol. The first-order valence-corrected chi connectivity index (χ1v) is 7.00. The Kier molecular flexibility index (Phi) is 2.57. The van der Waals surface area contributed by atoms with Crippen LogP contribution in [0.25, 0.3) is 22.2 Å². The van der Waals surface area contributed by atoms with Gasteiger partial charge in [-0.25, -0.2) is 0 Å². The van der Waals surface area contributed by atoms with Crippen molar-refractivity contribution in [3.63, 3.8) is 0 Å². The molecular weight excluding hydrogens is 266 g/mol. The maximum Gasteiger partial charge on any atom is 0.194 e. The Morgan fingerprint density at radius 2 is 1.90 bits per heavy atom. The fourth-order valence-electron chi connectivity index (χ4n) is 2.76. The minimum absolute atomic E-state index is 0.00772. The van der Waals surface area contributed by atoms with E-state index in [4.69, 9.17) is 9.26 Å². The Morgan fingerprint density at radius 3 is 2.71 bits per heavy atom. The molecule has 3 aromatic rings. The van der Waals surface area contributed by atoms with Crippen molar-refractivity contribution in [2.75, 3.05) is 6.61 Å². The van der Waals surface area contributed by atoms with E-state index in [1.165, 1.54) is 0 Å². The van der Waals surface area contributed by atoms with Gasteiger partial charge in [0.2, 0.25) is 0 Å². The smallest absolute Gasteiger partial charge is 0.194 e. The number of benzene rings is 2. The second-order valence-corrected chi connectivity index (χ2v) is 5.07. The summed E-state index contributed by atoms with van der Waals surface area (Å²) in [6.07, 6.45) is 0.912. The predicted molar refractivity (Wildman–Crippen MR) is 78.7 cm³/mol. The molecule has 0 bridgehead atoms. The van der Waals surface area contributed by atoms with Gasteiger partial charge in [0.05, 0.1) is 12.0 Å². The molecule has 21 heavy (non-hydrogen) atoms. The summed E-state index contributed by atoms with van der Waals surface area (Å²) in [5.74, 6) is 1.32. The third-order valence-corrected chi connectivity index (χ3v) is 3.72. The van der Waals surface area contributed by atoms with Crippen LogP contribution in [-0.4, -0.2) is 17.5 Å². The number of fused-ring (bicyclic) bond motifs is 2. The minimum Gasteiger partial charge on any atom is -0.491 e. The number of ketones is 1. The fraction of sp³-hybridized carbons (Fsp3) is 0.176. The molecule has 0 saturated carbocycles. The average Bonchev–Trinajstić information content (AvgIpc) is 2.97. The summed E-state index contributed by atoms with van der Waals surface area (Å²) in [6.45, 7) is 2.66. The van der Waals surface area contributed by atoms with Crippen molar-refractivity contribution in [1.29, 1.82) is 0 Å². The number of hydrogen-bond donors (Lipinski definition) is 0. The van der Waals surface area contributed by atoms with Crippen LogP contribution in [0.15, 0.2) is 40.9 Å². The average molecular weight is 279 g/mol. The zero-order valence-corrected chi connectivity index (χ0v) is 11.6. The highest BCUT2D eigenvalue weighted by Crippen LogP contribution is 2.42. The van der Waals surface area contributed by atoms with Crippen LogP contribution in [0.4, 0.5) is 0 Å². The molecule has 4 heteroatoms. The van der Waals surface area contributed by atoms with E-state index in [1.807, 2.05) is 31.2 Å². The van der Waals surface area contributed by atoms with E-state index < -0.39 is 0 Å². The van der Waals surface area contributed by atoms with Crippen LogP contribution >= 0.6 is 0 Å². The van der Waals surface area contributed by atoms with E-state index in [2.05, 4.69) is 5.16 Å². The van der Waals surface area contributed by atoms with Gasteiger partial charge in [0, 0.05) is 16.7 Å². The molecule has 0 fully saturated rings. The van der Waals surface area contributed by atoms with Gasteiger partial charge in [0.1, 0.15) is 5.75 Å². The van der Waals surface area contributed by atoms with Gasteiger partial charge in [-0.3, -0.25) is 4.79 Å².